The Kier molecular flexibility index (Phi) is 6.14. The number of hydrazone groups is 1. The van der Waals surface area contributed by atoms with Gasteiger partial charge < -0.3 is 15.2 Å². The number of phenols is 1. The van der Waals surface area contributed by atoms with E-state index in [1.807, 2.05) is 32.9 Å². The molecule has 0 atom stereocenters. The highest BCUT2D eigenvalue weighted by molar-refractivity contribution is 7.80. The Morgan fingerprint density at radius 2 is 2.08 bits per heavy atom. The van der Waals surface area contributed by atoms with Crippen LogP contribution in [0.2, 0.25) is 0 Å². The van der Waals surface area contributed by atoms with E-state index in [0.29, 0.717) is 23.0 Å². The molecule has 5 nitrogen and oxygen atoms in total. The minimum atomic E-state index is 0.0538. The SMILES string of the molecule is CCOc1cccc(/C=N/NC(=S)Nc2ccc(C)cc2C)c1O. The maximum atomic E-state index is 10.1. The van der Waals surface area contributed by atoms with Gasteiger partial charge in [0.1, 0.15) is 0 Å². The zero-order valence-corrected chi connectivity index (χ0v) is 14.8. The summed E-state index contributed by atoms with van der Waals surface area (Å²) >= 11 is 5.22. The zero-order valence-electron chi connectivity index (χ0n) is 14.0. The third-order valence-electron chi connectivity index (χ3n) is 3.33. The first kappa shape index (κ1) is 17.7. The van der Waals surface area contributed by atoms with Gasteiger partial charge in [-0.1, -0.05) is 23.8 Å². The fourth-order valence-electron chi connectivity index (χ4n) is 2.18. The minimum Gasteiger partial charge on any atom is -0.504 e. The lowest BCUT2D eigenvalue weighted by Gasteiger charge is -2.10. The van der Waals surface area contributed by atoms with Gasteiger partial charge >= 0.3 is 0 Å². The molecule has 3 N–H and O–H groups in total. The lowest BCUT2D eigenvalue weighted by atomic mass is 10.1. The monoisotopic (exact) mass is 343 g/mol. The van der Waals surface area contributed by atoms with Crippen molar-refractivity contribution >= 4 is 29.2 Å². The molecular formula is C18H21N3O2S. The summed E-state index contributed by atoms with van der Waals surface area (Å²) in [5.74, 6) is 0.482. The smallest absolute Gasteiger partial charge is 0.191 e. The average Bonchev–Trinajstić information content (AvgIpc) is 2.54. The van der Waals surface area contributed by atoms with Crippen molar-refractivity contribution in [3.05, 3.63) is 53.1 Å². The Labute approximate surface area is 147 Å². The first-order valence-electron chi connectivity index (χ1n) is 7.63. The van der Waals surface area contributed by atoms with Crippen molar-refractivity contribution in [2.24, 2.45) is 5.10 Å². The van der Waals surface area contributed by atoms with Gasteiger partial charge in [-0.3, -0.25) is 5.43 Å². The van der Waals surface area contributed by atoms with Crippen molar-refractivity contribution in [2.45, 2.75) is 20.8 Å². The van der Waals surface area contributed by atoms with Crippen LogP contribution in [0.3, 0.4) is 0 Å². The number of hydrogen-bond acceptors (Lipinski definition) is 4. The van der Waals surface area contributed by atoms with E-state index in [0.717, 1.165) is 11.3 Å². The molecule has 0 aliphatic rings. The Hall–Kier alpha value is -2.60. The van der Waals surface area contributed by atoms with Gasteiger partial charge in [-0.2, -0.15) is 5.10 Å². The van der Waals surface area contributed by atoms with Gasteiger partial charge in [0.2, 0.25) is 0 Å². The summed E-state index contributed by atoms with van der Waals surface area (Å²) < 4.78 is 5.34. The van der Waals surface area contributed by atoms with Gasteiger partial charge in [0, 0.05) is 11.3 Å². The standard InChI is InChI=1S/C18H21N3O2S/c1-4-23-16-7-5-6-14(17(16)22)11-19-21-18(24)20-15-9-8-12(2)10-13(15)3/h5-11,22H,4H2,1-3H3,(H2,20,21,24)/b19-11+. The van der Waals surface area contributed by atoms with E-state index < -0.39 is 0 Å². The molecule has 0 spiro atoms. The van der Waals surface area contributed by atoms with Gasteiger partial charge in [0.25, 0.3) is 0 Å². The Bertz CT molecular complexity index is 760. The van der Waals surface area contributed by atoms with E-state index in [2.05, 4.69) is 21.9 Å². The van der Waals surface area contributed by atoms with Crippen molar-refractivity contribution in [3.63, 3.8) is 0 Å². The quantitative estimate of drug-likeness (QED) is 0.439. The molecule has 0 radical (unpaired) electrons. The molecule has 0 saturated heterocycles. The van der Waals surface area contributed by atoms with Crippen LogP contribution in [0, 0.1) is 13.8 Å². The lowest BCUT2D eigenvalue weighted by Crippen LogP contribution is -2.24. The number of nitrogens with zero attached hydrogens (tertiary/aromatic N) is 1. The second-order valence-electron chi connectivity index (χ2n) is 5.27. The van der Waals surface area contributed by atoms with Crippen molar-refractivity contribution in [2.75, 3.05) is 11.9 Å². The summed E-state index contributed by atoms with van der Waals surface area (Å²) in [6, 6.07) is 11.3. The predicted molar refractivity (Wildman–Crippen MR) is 102 cm³/mol. The molecule has 2 aromatic carbocycles. The fourth-order valence-corrected chi connectivity index (χ4v) is 2.34. The normalized spacial score (nSPS) is 10.6. The summed E-state index contributed by atoms with van der Waals surface area (Å²) in [5.41, 5.74) is 6.50. The zero-order chi connectivity index (χ0) is 17.5. The molecule has 0 fully saturated rings. The van der Waals surface area contributed by atoms with Crippen LogP contribution in [0.4, 0.5) is 5.69 Å². The van der Waals surface area contributed by atoms with E-state index >= 15 is 0 Å². The molecule has 0 amide bonds. The first-order valence-corrected chi connectivity index (χ1v) is 8.04. The third-order valence-corrected chi connectivity index (χ3v) is 3.52. The van der Waals surface area contributed by atoms with E-state index in [-0.39, 0.29) is 5.75 Å². The van der Waals surface area contributed by atoms with E-state index in [9.17, 15) is 5.11 Å². The van der Waals surface area contributed by atoms with Gasteiger partial charge in [0.15, 0.2) is 16.6 Å². The van der Waals surface area contributed by atoms with Gasteiger partial charge in [-0.25, -0.2) is 0 Å². The molecule has 0 heterocycles. The van der Waals surface area contributed by atoms with Gasteiger partial charge in [0.05, 0.1) is 12.8 Å². The number of para-hydroxylation sites is 1. The Morgan fingerprint density at radius 3 is 2.79 bits per heavy atom. The number of thiocarbonyl (C=S) groups is 1. The number of anilines is 1. The molecule has 0 saturated carbocycles. The molecule has 0 bridgehead atoms. The highest BCUT2D eigenvalue weighted by atomic mass is 32.1. The topological polar surface area (TPSA) is 65.9 Å². The highest BCUT2D eigenvalue weighted by Crippen LogP contribution is 2.28. The molecule has 0 aliphatic carbocycles. The largest absolute Gasteiger partial charge is 0.504 e. The van der Waals surface area contributed by atoms with Crippen LogP contribution in [0.25, 0.3) is 0 Å². The minimum absolute atomic E-state index is 0.0538. The third kappa shape index (κ3) is 4.70. The van der Waals surface area contributed by atoms with Crippen LogP contribution >= 0.6 is 12.2 Å². The van der Waals surface area contributed by atoms with Crippen LogP contribution in [-0.2, 0) is 0 Å². The van der Waals surface area contributed by atoms with Crippen molar-refractivity contribution in [1.82, 2.24) is 5.43 Å². The maximum absolute atomic E-state index is 10.1. The molecule has 2 aromatic rings. The second kappa shape index (κ2) is 8.31. The number of aryl methyl sites for hydroxylation is 2. The number of phenolic OH excluding ortho intramolecular Hbond substituents is 1. The van der Waals surface area contributed by atoms with Gasteiger partial charge in [-0.05, 0) is 56.8 Å². The summed E-state index contributed by atoms with van der Waals surface area (Å²) in [5, 5.41) is 17.6. The van der Waals surface area contributed by atoms with E-state index in [4.69, 9.17) is 17.0 Å². The molecule has 0 aromatic heterocycles. The van der Waals surface area contributed by atoms with Crippen molar-refractivity contribution in [1.29, 1.82) is 0 Å². The first-order chi connectivity index (χ1) is 11.5. The van der Waals surface area contributed by atoms with E-state index in [1.165, 1.54) is 11.8 Å². The summed E-state index contributed by atoms with van der Waals surface area (Å²) in [6.45, 7) is 6.40. The van der Waals surface area contributed by atoms with Crippen molar-refractivity contribution < 1.29 is 9.84 Å². The molecule has 0 unspecified atom stereocenters. The Morgan fingerprint density at radius 1 is 1.29 bits per heavy atom. The number of nitrogens with one attached hydrogen (secondary N) is 2. The Balaban J connectivity index is 1.98. The number of aromatic hydroxyl groups is 1. The average molecular weight is 343 g/mol. The molecule has 2 rings (SSSR count). The predicted octanol–water partition coefficient (Wildman–Crippen LogP) is 3.73. The molecule has 6 heteroatoms. The van der Waals surface area contributed by atoms with Crippen molar-refractivity contribution in [3.8, 4) is 11.5 Å². The summed E-state index contributed by atoms with van der Waals surface area (Å²) in [6.07, 6.45) is 1.49. The lowest BCUT2D eigenvalue weighted by molar-refractivity contribution is 0.318. The van der Waals surface area contributed by atoms with Crippen LogP contribution in [0.15, 0.2) is 41.5 Å². The number of benzene rings is 2. The van der Waals surface area contributed by atoms with Crippen LogP contribution in [0.1, 0.15) is 23.6 Å². The van der Waals surface area contributed by atoms with Crippen LogP contribution < -0.4 is 15.5 Å². The summed E-state index contributed by atoms with van der Waals surface area (Å²) in [4.78, 5) is 0. The van der Waals surface area contributed by atoms with Crippen LogP contribution in [0.5, 0.6) is 11.5 Å². The fraction of sp³-hybridized carbons (Fsp3) is 0.222. The second-order valence-corrected chi connectivity index (χ2v) is 5.68. The number of ether oxygens (including phenoxy) is 1. The number of hydrogen-bond donors (Lipinski definition) is 3. The van der Waals surface area contributed by atoms with E-state index in [1.54, 1.807) is 18.2 Å². The van der Waals surface area contributed by atoms with Gasteiger partial charge in [-0.15, -0.1) is 0 Å². The molecule has 126 valence electrons. The maximum Gasteiger partial charge on any atom is 0.191 e. The molecular weight excluding hydrogens is 322 g/mol. The highest BCUT2D eigenvalue weighted by Gasteiger charge is 2.06. The van der Waals surface area contributed by atoms with Crippen LogP contribution in [-0.4, -0.2) is 23.0 Å². The molecule has 24 heavy (non-hydrogen) atoms. The summed E-state index contributed by atoms with van der Waals surface area (Å²) in [7, 11) is 0. The molecule has 0 aliphatic heterocycles. The number of rotatable bonds is 5.